The van der Waals surface area contributed by atoms with E-state index in [0.29, 0.717) is 22.8 Å². The molecular weight excluding hydrogens is 260 g/mol. The lowest BCUT2D eigenvalue weighted by atomic mass is 10.2. The summed E-state index contributed by atoms with van der Waals surface area (Å²) in [6.45, 7) is 0.561. The van der Waals surface area contributed by atoms with E-state index < -0.39 is 0 Å². The van der Waals surface area contributed by atoms with E-state index in [1.54, 1.807) is 0 Å². The van der Waals surface area contributed by atoms with Gasteiger partial charge in [0.1, 0.15) is 10.3 Å². The van der Waals surface area contributed by atoms with Crippen LogP contribution in [-0.2, 0) is 0 Å². The third kappa shape index (κ3) is 2.38. The van der Waals surface area contributed by atoms with Gasteiger partial charge in [-0.25, -0.2) is 4.98 Å². The lowest BCUT2D eigenvalue weighted by Crippen LogP contribution is -2.32. The van der Waals surface area contributed by atoms with Crippen LogP contribution in [0.4, 0.5) is 5.82 Å². The van der Waals surface area contributed by atoms with E-state index in [0.717, 1.165) is 0 Å². The molecule has 0 radical (unpaired) electrons. The van der Waals surface area contributed by atoms with Gasteiger partial charge in [-0.3, -0.25) is 4.79 Å². The molecular formula is C9H13BrN4O. The molecule has 0 spiro atoms. The van der Waals surface area contributed by atoms with Crippen molar-refractivity contribution < 1.29 is 0 Å². The number of rotatable bonds is 4. The van der Waals surface area contributed by atoms with Gasteiger partial charge in [-0.1, -0.05) is 0 Å². The second-order valence-electron chi connectivity index (χ2n) is 3.72. The van der Waals surface area contributed by atoms with Gasteiger partial charge in [0.05, 0.1) is 6.33 Å². The lowest BCUT2D eigenvalue weighted by Gasteiger charge is -2.16. The van der Waals surface area contributed by atoms with E-state index in [9.17, 15) is 4.79 Å². The molecule has 0 bridgehead atoms. The van der Waals surface area contributed by atoms with Crippen molar-refractivity contribution in [1.29, 1.82) is 0 Å². The quantitative estimate of drug-likeness (QED) is 0.753. The lowest BCUT2D eigenvalue weighted by molar-refractivity contribution is 0.641. The van der Waals surface area contributed by atoms with Crippen molar-refractivity contribution >= 4 is 21.7 Å². The molecule has 1 saturated carbocycles. The zero-order chi connectivity index (χ0) is 10.8. The Labute approximate surface area is 95.6 Å². The predicted molar refractivity (Wildman–Crippen MR) is 61.7 cm³/mol. The molecule has 15 heavy (non-hydrogen) atoms. The largest absolute Gasteiger partial charge is 0.365 e. The third-order valence-corrected chi connectivity index (χ3v) is 3.30. The van der Waals surface area contributed by atoms with Crippen LogP contribution in [0.3, 0.4) is 0 Å². The van der Waals surface area contributed by atoms with Gasteiger partial charge in [0.2, 0.25) is 0 Å². The molecule has 1 unspecified atom stereocenters. The SMILES string of the molecule is NCC(Nc1nc[nH]c(=O)c1Br)C1CC1. The third-order valence-electron chi connectivity index (χ3n) is 2.56. The summed E-state index contributed by atoms with van der Waals surface area (Å²) >= 11 is 3.20. The summed E-state index contributed by atoms with van der Waals surface area (Å²) in [5.41, 5.74) is 5.48. The van der Waals surface area contributed by atoms with Crippen molar-refractivity contribution in [2.24, 2.45) is 11.7 Å². The average Bonchev–Trinajstić information content (AvgIpc) is 3.04. The molecule has 82 valence electrons. The normalized spacial score (nSPS) is 17.5. The predicted octanol–water partition coefficient (Wildman–Crippen LogP) is 0.682. The summed E-state index contributed by atoms with van der Waals surface area (Å²) in [7, 11) is 0. The Morgan fingerprint density at radius 1 is 1.73 bits per heavy atom. The highest BCUT2D eigenvalue weighted by atomic mass is 79.9. The highest BCUT2D eigenvalue weighted by Crippen LogP contribution is 2.34. The first-order valence-electron chi connectivity index (χ1n) is 4.92. The second-order valence-corrected chi connectivity index (χ2v) is 4.51. The molecule has 1 heterocycles. The Hall–Kier alpha value is -0.880. The number of anilines is 1. The molecule has 1 atom stereocenters. The van der Waals surface area contributed by atoms with Crippen LogP contribution in [0, 0.1) is 5.92 Å². The van der Waals surface area contributed by atoms with Crippen LogP contribution >= 0.6 is 15.9 Å². The van der Waals surface area contributed by atoms with Gasteiger partial charge < -0.3 is 16.0 Å². The zero-order valence-electron chi connectivity index (χ0n) is 8.16. The van der Waals surface area contributed by atoms with Gasteiger partial charge in [0, 0.05) is 12.6 Å². The zero-order valence-corrected chi connectivity index (χ0v) is 9.75. The highest BCUT2D eigenvalue weighted by molar-refractivity contribution is 9.10. The fourth-order valence-corrected chi connectivity index (χ4v) is 1.86. The van der Waals surface area contributed by atoms with Gasteiger partial charge >= 0.3 is 0 Å². The number of nitrogens with zero attached hydrogens (tertiary/aromatic N) is 1. The Balaban J connectivity index is 2.15. The summed E-state index contributed by atoms with van der Waals surface area (Å²) in [5.74, 6) is 1.20. The van der Waals surface area contributed by atoms with Crippen LogP contribution in [-0.4, -0.2) is 22.6 Å². The van der Waals surface area contributed by atoms with Gasteiger partial charge in [-0.2, -0.15) is 0 Å². The van der Waals surface area contributed by atoms with Crippen molar-refractivity contribution in [2.75, 3.05) is 11.9 Å². The number of halogens is 1. The monoisotopic (exact) mass is 272 g/mol. The first-order valence-corrected chi connectivity index (χ1v) is 5.71. The molecule has 0 saturated heterocycles. The summed E-state index contributed by atoms with van der Waals surface area (Å²) in [6.07, 6.45) is 3.79. The van der Waals surface area contributed by atoms with Crippen molar-refractivity contribution in [3.05, 3.63) is 21.2 Å². The minimum absolute atomic E-state index is 0.181. The summed E-state index contributed by atoms with van der Waals surface area (Å²) in [4.78, 5) is 17.8. The van der Waals surface area contributed by atoms with E-state index in [2.05, 4.69) is 31.2 Å². The molecule has 1 aromatic heterocycles. The van der Waals surface area contributed by atoms with Gasteiger partial charge in [-0.15, -0.1) is 0 Å². The summed E-state index contributed by atoms with van der Waals surface area (Å²) in [6, 6.07) is 0.218. The smallest absolute Gasteiger partial charge is 0.267 e. The first kappa shape index (κ1) is 10.6. The number of hydrogen-bond acceptors (Lipinski definition) is 4. The topological polar surface area (TPSA) is 83.8 Å². The fourth-order valence-electron chi connectivity index (χ4n) is 1.53. The maximum absolute atomic E-state index is 11.3. The molecule has 0 aromatic carbocycles. The standard InChI is InChI=1S/C9H13BrN4O/c10-7-8(12-4-13-9(7)15)14-6(3-11)5-1-2-5/h4-6H,1-3,11H2,(H2,12,13,14,15). The van der Waals surface area contributed by atoms with Gasteiger partial charge in [0.25, 0.3) is 5.56 Å². The first-order chi connectivity index (χ1) is 7.22. The molecule has 5 nitrogen and oxygen atoms in total. The summed E-state index contributed by atoms with van der Waals surface area (Å²) in [5, 5.41) is 3.20. The molecule has 1 fully saturated rings. The van der Waals surface area contributed by atoms with Crippen LogP contribution in [0.15, 0.2) is 15.6 Å². The molecule has 6 heteroatoms. The Morgan fingerprint density at radius 3 is 3.07 bits per heavy atom. The molecule has 1 aliphatic rings. The van der Waals surface area contributed by atoms with Crippen molar-refractivity contribution in [1.82, 2.24) is 9.97 Å². The minimum atomic E-state index is -0.181. The number of aromatic nitrogens is 2. The van der Waals surface area contributed by atoms with Crippen LogP contribution in [0.5, 0.6) is 0 Å². The molecule has 2 rings (SSSR count). The summed E-state index contributed by atoms with van der Waals surface area (Å²) < 4.78 is 0.434. The molecule has 1 aromatic rings. The van der Waals surface area contributed by atoms with E-state index in [-0.39, 0.29) is 11.6 Å². The number of H-pyrrole nitrogens is 1. The molecule has 0 amide bonds. The maximum atomic E-state index is 11.3. The maximum Gasteiger partial charge on any atom is 0.267 e. The Morgan fingerprint density at radius 2 is 2.47 bits per heavy atom. The van der Waals surface area contributed by atoms with Crippen LogP contribution in [0.25, 0.3) is 0 Å². The molecule has 0 aliphatic heterocycles. The Bertz CT molecular complexity index is 401. The number of nitrogens with one attached hydrogen (secondary N) is 2. The van der Waals surface area contributed by atoms with Gasteiger partial charge in [-0.05, 0) is 34.7 Å². The fraction of sp³-hybridized carbons (Fsp3) is 0.556. The molecule has 4 N–H and O–H groups in total. The average molecular weight is 273 g/mol. The van der Waals surface area contributed by atoms with E-state index in [1.807, 2.05) is 0 Å². The van der Waals surface area contributed by atoms with E-state index in [1.165, 1.54) is 19.2 Å². The van der Waals surface area contributed by atoms with Crippen LogP contribution in [0.1, 0.15) is 12.8 Å². The Kier molecular flexibility index (Phi) is 3.06. The number of hydrogen-bond donors (Lipinski definition) is 3. The second kappa shape index (κ2) is 4.32. The highest BCUT2D eigenvalue weighted by Gasteiger charge is 2.30. The van der Waals surface area contributed by atoms with E-state index in [4.69, 9.17) is 5.73 Å². The molecule has 1 aliphatic carbocycles. The number of nitrogens with two attached hydrogens (primary N) is 1. The van der Waals surface area contributed by atoms with Crippen molar-refractivity contribution in [3.8, 4) is 0 Å². The van der Waals surface area contributed by atoms with E-state index >= 15 is 0 Å². The number of aromatic amines is 1. The van der Waals surface area contributed by atoms with Crippen LogP contribution < -0.4 is 16.6 Å². The minimum Gasteiger partial charge on any atom is -0.365 e. The van der Waals surface area contributed by atoms with Crippen molar-refractivity contribution in [2.45, 2.75) is 18.9 Å². The van der Waals surface area contributed by atoms with Crippen LogP contribution in [0.2, 0.25) is 0 Å². The van der Waals surface area contributed by atoms with Crippen molar-refractivity contribution in [3.63, 3.8) is 0 Å². The van der Waals surface area contributed by atoms with Gasteiger partial charge in [0.15, 0.2) is 0 Å².